The number of aromatic nitrogens is 4. The number of ketones is 1. The number of hydrogen-bond acceptors (Lipinski definition) is 5. The molecule has 0 unspecified atom stereocenters. The van der Waals surface area contributed by atoms with E-state index in [0.717, 1.165) is 42.1 Å². The van der Waals surface area contributed by atoms with Crippen molar-refractivity contribution in [3.05, 3.63) is 95.3 Å². The monoisotopic (exact) mass is 419 g/mol. The summed E-state index contributed by atoms with van der Waals surface area (Å²) in [6.07, 6.45) is 2.12. The molecule has 1 aliphatic heterocycles. The van der Waals surface area contributed by atoms with E-state index in [9.17, 15) is 4.79 Å². The molecule has 6 nitrogen and oxygen atoms in total. The highest BCUT2D eigenvalue weighted by Crippen LogP contribution is 2.35. The number of rotatable bonds is 3. The summed E-state index contributed by atoms with van der Waals surface area (Å²) in [4.78, 5) is 20.3. The Hall–Kier alpha value is -4.06. The molecule has 32 heavy (non-hydrogen) atoms. The third-order valence-corrected chi connectivity index (χ3v) is 6.13. The molecule has 0 atom stereocenters. The molecule has 0 N–H and O–H groups in total. The van der Waals surface area contributed by atoms with Gasteiger partial charge in [-0.3, -0.25) is 9.20 Å². The number of carbonyl (C=O) groups is 1. The fourth-order valence-corrected chi connectivity index (χ4v) is 4.59. The van der Waals surface area contributed by atoms with Crippen molar-refractivity contribution in [1.82, 2.24) is 19.6 Å². The quantitative estimate of drug-likeness (QED) is 0.389. The van der Waals surface area contributed by atoms with E-state index >= 15 is 0 Å². The molecular formula is C26H21N5O. The number of para-hydroxylation sites is 1. The fraction of sp³-hybridized carbons (Fsp3) is 0.154. The summed E-state index contributed by atoms with van der Waals surface area (Å²) in [6.45, 7) is 2.81. The van der Waals surface area contributed by atoms with Crippen LogP contribution < -0.4 is 4.90 Å². The molecule has 0 spiro atoms. The maximum atomic E-state index is 13.0. The van der Waals surface area contributed by atoms with Gasteiger partial charge in [0.15, 0.2) is 11.6 Å². The van der Waals surface area contributed by atoms with Gasteiger partial charge in [-0.2, -0.15) is 0 Å². The van der Waals surface area contributed by atoms with Crippen molar-refractivity contribution in [3.8, 4) is 0 Å². The summed E-state index contributed by atoms with van der Waals surface area (Å²) in [5.41, 5.74) is 6.12. The number of benzene rings is 3. The van der Waals surface area contributed by atoms with Gasteiger partial charge in [-0.05, 0) is 49.6 Å². The van der Waals surface area contributed by atoms with Gasteiger partial charge < -0.3 is 4.90 Å². The van der Waals surface area contributed by atoms with Crippen molar-refractivity contribution in [2.75, 3.05) is 11.4 Å². The minimum Gasteiger partial charge on any atom is -0.323 e. The standard InChI is InChI=1S/C26H21N5O/c1-17-28-29-26-25(30-15-7-11-18-8-5-6-12-22(18)30)27-21-14-13-20(16-23(21)31(17)26)24(32)19-9-3-2-4-10-19/h2-6,8-10,12-14,16H,7,11,15H2,1H3. The summed E-state index contributed by atoms with van der Waals surface area (Å²) in [7, 11) is 0. The van der Waals surface area contributed by atoms with Crippen LogP contribution in [-0.4, -0.2) is 31.9 Å². The lowest BCUT2D eigenvalue weighted by Gasteiger charge is -2.30. The smallest absolute Gasteiger partial charge is 0.204 e. The number of nitrogens with zero attached hydrogens (tertiary/aromatic N) is 5. The second-order valence-corrected chi connectivity index (χ2v) is 8.12. The summed E-state index contributed by atoms with van der Waals surface area (Å²) in [5.74, 6) is 1.55. The summed E-state index contributed by atoms with van der Waals surface area (Å²) in [5, 5.41) is 8.82. The highest BCUT2D eigenvalue weighted by Gasteiger charge is 2.24. The van der Waals surface area contributed by atoms with Crippen LogP contribution in [0, 0.1) is 6.92 Å². The third-order valence-electron chi connectivity index (χ3n) is 6.13. The molecular weight excluding hydrogens is 398 g/mol. The number of aryl methyl sites for hydroxylation is 2. The topological polar surface area (TPSA) is 63.4 Å². The number of fused-ring (bicyclic) bond motifs is 4. The van der Waals surface area contributed by atoms with Crippen molar-refractivity contribution >= 4 is 34.0 Å². The van der Waals surface area contributed by atoms with Crippen molar-refractivity contribution in [3.63, 3.8) is 0 Å². The van der Waals surface area contributed by atoms with E-state index in [-0.39, 0.29) is 5.78 Å². The molecule has 0 bridgehead atoms. The SMILES string of the molecule is Cc1nnc2c(N3CCCc4ccccc43)nc3ccc(C(=O)c4ccccc4)cc3n12. The first-order valence-corrected chi connectivity index (χ1v) is 10.8. The van der Waals surface area contributed by atoms with E-state index in [0.29, 0.717) is 16.8 Å². The van der Waals surface area contributed by atoms with Gasteiger partial charge in [-0.15, -0.1) is 10.2 Å². The van der Waals surface area contributed by atoms with E-state index in [1.807, 2.05) is 59.9 Å². The second kappa shape index (κ2) is 7.27. The van der Waals surface area contributed by atoms with Gasteiger partial charge in [-0.1, -0.05) is 48.5 Å². The maximum absolute atomic E-state index is 13.0. The zero-order valence-electron chi connectivity index (χ0n) is 17.7. The zero-order valence-corrected chi connectivity index (χ0v) is 17.7. The van der Waals surface area contributed by atoms with E-state index in [4.69, 9.17) is 4.98 Å². The number of carbonyl (C=O) groups excluding carboxylic acids is 1. The third kappa shape index (κ3) is 2.87. The molecule has 0 radical (unpaired) electrons. The average molecular weight is 419 g/mol. The minimum atomic E-state index is -0.0135. The predicted octanol–water partition coefficient (Wildman–Crippen LogP) is 4.90. The molecule has 0 saturated heterocycles. The van der Waals surface area contributed by atoms with Crippen LogP contribution in [0.3, 0.4) is 0 Å². The van der Waals surface area contributed by atoms with Crippen molar-refractivity contribution in [2.45, 2.75) is 19.8 Å². The Morgan fingerprint density at radius 1 is 0.906 bits per heavy atom. The Bertz CT molecular complexity index is 1490. The van der Waals surface area contributed by atoms with Crippen LogP contribution in [-0.2, 0) is 6.42 Å². The van der Waals surface area contributed by atoms with E-state index in [1.54, 1.807) is 0 Å². The molecule has 3 aromatic carbocycles. The average Bonchev–Trinajstić information content (AvgIpc) is 3.25. The van der Waals surface area contributed by atoms with E-state index < -0.39 is 0 Å². The van der Waals surface area contributed by atoms with Crippen molar-refractivity contribution in [2.24, 2.45) is 0 Å². The van der Waals surface area contributed by atoms with Crippen LogP contribution >= 0.6 is 0 Å². The first kappa shape index (κ1) is 18.7. The Morgan fingerprint density at radius 3 is 2.59 bits per heavy atom. The molecule has 156 valence electrons. The predicted molar refractivity (Wildman–Crippen MR) is 125 cm³/mol. The van der Waals surface area contributed by atoms with Crippen LogP contribution in [0.1, 0.15) is 33.7 Å². The first-order valence-electron chi connectivity index (χ1n) is 10.8. The Morgan fingerprint density at radius 2 is 1.72 bits per heavy atom. The van der Waals surface area contributed by atoms with Gasteiger partial charge >= 0.3 is 0 Å². The molecule has 5 aromatic rings. The molecule has 6 rings (SSSR count). The highest BCUT2D eigenvalue weighted by atomic mass is 16.1. The number of anilines is 2. The summed E-state index contributed by atoms with van der Waals surface area (Å²) in [6, 6.07) is 23.5. The summed E-state index contributed by atoms with van der Waals surface area (Å²) < 4.78 is 2.01. The maximum Gasteiger partial charge on any atom is 0.204 e. The van der Waals surface area contributed by atoms with Crippen LogP contribution in [0.5, 0.6) is 0 Å². The van der Waals surface area contributed by atoms with Crippen LogP contribution in [0.4, 0.5) is 11.5 Å². The lowest BCUT2D eigenvalue weighted by atomic mass is 10.0. The molecule has 0 aliphatic carbocycles. The fourth-order valence-electron chi connectivity index (χ4n) is 4.59. The normalized spacial score (nSPS) is 13.5. The van der Waals surface area contributed by atoms with Gasteiger partial charge in [0, 0.05) is 23.4 Å². The van der Waals surface area contributed by atoms with Gasteiger partial charge in [-0.25, -0.2) is 4.98 Å². The van der Waals surface area contributed by atoms with Gasteiger partial charge in [0.05, 0.1) is 11.0 Å². The van der Waals surface area contributed by atoms with Gasteiger partial charge in [0.25, 0.3) is 0 Å². The lowest BCUT2D eigenvalue weighted by Crippen LogP contribution is -2.26. The molecule has 0 saturated carbocycles. The van der Waals surface area contributed by atoms with Crippen molar-refractivity contribution in [1.29, 1.82) is 0 Å². The van der Waals surface area contributed by atoms with E-state index in [1.165, 1.54) is 11.3 Å². The zero-order chi connectivity index (χ0) is 21.7. The Labute approximate surface area is 185 Å². The largest absolute Gasteiger partial charge is 0.323 e. The highest BCUT2D eigenvalue weighted by molar-refractivity contribution is 6.10. The second-order valence-electron chi connectivity index (χ2n) is 8.12. The van der Waals surface area contributed by atoms with Crippen LogP contribution in [0.2, 0.25) is 0 Å². The number of hydrogen-bond donors (Lipinski definition) is 0. The lowest BCUT2D eigenvalue weighted by molar-refractivity contribution is 0.103. The molecule has 0 fully saturated rings. The molecule has 1 aliphatic rings. The molecule has 0 amide bonds. The molecule has 6 heteroatoms. The molecule has 3 heterocycles. The first-order chi connectivity index (χ1) is 15.7. The summed E-state index contributed by atoms with van der Waals surface area (Å²) >= 11 is 0. The molecule has 2 aromatic heterocycles. The Balaban J connectivity index is 1.55. The van der Waals surface area contributed by atoms with Crippen molar-refractivity contribution < 1.29 is 4.79 Å². The van der Waals surface area contributed by atoms with E-state index in [2.05, 4.69) is 39.4 Å². The Kier molecular flexibility index (Phi) is 4.24. The van der Waals surface area contributed by atoms with Crippen LogP contribution in [0.15, 0.2) is 72.8 Å². The minimum absolute atomic E-state index is 0.0135. The van der Waals surface area contributed by atoms with Gasteiger partial charge in [0.2, 0.25) is 5.65 Å². The van der Waals surface area contributed by atoms with Gasteiger partial charge in [0.1, 0.15) is 5.82 Å². The van der Waals surface area contributed by atoms with Crippen LogP contribution in [0.25, 0.3) is 16.7 Å².